The minimum atomic E-state index is -1.91. The van der Waals surface area contributed by atoms with Gasteiger partial charge in [0.05, 0.1) is 44.7 Å². The van der Waals surface area contributed by atoms with Gasteiger partial charge < -0.3 is 94.1 Å². The second-order valence-electron chi connectivity index (χ2n) is 21.7. The molecule has 64 heavy (non-hydrogen) atoms. The molecule has 368 valence electrons. The smallest absolute Gasteiger partial charge is 0.187 e. The highest BCUT2D eigenvalue weighted by Crippen LogP contribution is 2.71. The largest absolute Gasteiger partial charge is 0.394 e. The van der Waals surface area contributed by atoms with Crippen molar-refractivity contribution >= 4 is 0 Å². The summed E-state index contributed by atoms with van der Waals surface area (Å²) in [5, 5.41) is 118. The van der Waals surface area contributed by atoms with Crippen molar-refractivity contribution in [2.24, 2.45) is 52.3 Å². The average molecular weight is 919 g/mol. The Kier molecular flexibility index (Phi) is 13.7. The number of aliphatic hydroxyl groups is 11. The number of ether oxygens (including phenoxy) is 8. The molecule has 11 N–H and O–H groups in total. The summed E-state index contributed by atoms with van der Waals surface area (Å²) >= 11 is 0. The fourth-order valence-corrected chi connectivity index (χ4v) is 14.7. The fourth-order valence-electron chi connectivity index (χ4n) is 14.7. The van der Waals surface area contributed by atoms with E-state index < -0.39 is 130 Å². The summed E-state index contributed by atoms with van der Waals surface area (Å²) in [6.45, 7) is 7.85. The highest BCUT2D eigenvalue weighted by molar-refractivity contribution is 5.16. The van der Waals surface area contributed by atoms with Crippen LogP contribution in [0.3, 0.4) is 0 Å². The van der Waals surface area contributed by atoms with E-state index >= 15 is 0 Å². The molecule has 5 saturated heterocycles. The van der Waals surface area contributed by atoms with Gasteiger partial charge in [-0.25, -0.2) is 0 Å². The molecule has 9 aliphatic rings. The second kappa shape index (κ2) is 18.2. The molecule has 1 spiro atoms. The molecule has 0 amide bonds. The van der Waals surface area contributed by atoms with E-state index in [1.165, 1.54) is 0 Å². The normalized spacial score (nSPS) is 58.6. The molecule has 0 aromatic heterocycles. The Labute approximate surface area is 373 Å². The summed E-state index contributed by atoms with van der Waals surface area (Å²) in [5.74, 6) is 2.57. The molecular weight excluding hydrogens is 844 g/mol. The highest BCUT2D eigenvalue weighted by atomic mass is 16.8. The molecule has 0 aromatic carbocycles. The summed E-state index contributed by atoms with van der Waals surface area (Å²) in [7, 11) is 0. The Morgan fingerprint density at radius 3 is 1.86 bits per heavy atom. The molecule has 0 aromatic rings. The molecule has 9 rings (SSSR count). The Bertz CT molecular complexity index is 1600. The first-order chi connectivity index (χ1) is 30.4. The van der Waals surface area contributed by atoms with Crippen molar-refractivity contribution in [3.8, 4) is 0 Å². The van der Waals surface area contributed by atoms with Crippen LogP contribution in [0.15, 0.2) is 0 Å². The van der Waals surface area contributed by atoms with Gasteiger partial charge in [-0.05, 0) is 97.7 Å². The van der Waals surface area contributed by atoms with Crippen LogP contribution in [0, 0.1) is 52.3 Å². The zero-order valence-electron chi connectivity index (χ0n) is 37.3. The lowest BCUT2D eigenvalue weighted by atomic mass is 9.44. The van der Waals surface area contributed by atoms with Crippen LogP contribution < -0.4 is 0 Å². The Hall–Kier alpha value is -0.760. The zero-order chi connectivity index (χ0) is 45.8. The van der Waals surface area contributed by atoms with Gasteiger partial charge in [-0.3, -0.25) is 0 Å². The van der Waals surface area contributed by atoms with Crippen LogP contribution in [-0.2, 0) is 37.9 Å². The van der Waals surface area contributed by atoms with Gasteiger partial charge in [0.2, 0.25) is 0 Å². The molecule has 5 aliphatic heterocycles. The maximum Gasteiger partial charge on any atom is 0.187 e. The topological polar surface area (TPSA) is 296 Å². The Morgan fingerprint density at radius 2 is 1.19 bits per heavy atom. The summed E-state index contributed by atoms with van der Waals surface area (Å²) in [5.41, 5.74) is 0.0147. The average Bonchev–Trinajstić information content (AvgIpc) is 3.72. The quantitative estimate of drug-likeness (QED) is 0.114. The molecule has 4 saturated carbocycles. The summed E-state index contributed by atoms with van der Waals surface area (Å²) in [6, 6.07) is 0. The summed E-state index contributed by atoms with van der Waals surface area (Å²) in [4.78, 5) is 0. The SMILES string of the molecule is C[C@H]1CC[C@@]2(OC1)O[C@H]1C[C@H]3[C@@H]4CC[C@H]5C[C@@H](O[C@@H]6O[C@H](CO)[C@H](O[C@@H]7O[C@H](CO)[C@@H](O)[C@H](O)[C@H]7O[C@@H]7O[C@H](CO)[C@@H](O)[C@H](O)[C@H]7O)[C@H](O)[C@H]6O)[C@H](O)C[C@]5(C)[C@H]4CC[C@]3(C)[C@H]1[C@@H]2C. The van der Waals surface area contributed by atoms with Crippen LogP contribution >= 0.6 is 0 Å². The van der Waals surface area contributed by atoms with Crippen LogP contribution in [0.25, 0.3) is 0 Å². The predicted molar refractivity (Wildman–Crippen MR) is 217 cm³/mol. The van der Waals surface area contributed by atoms with Gasteiger partial charge in [0.1, 0.15) is 73.2 Å². The molecule has 9 fully saturated rings. The molecule has 0 bridgehead atoms. The van der Waals surface area contributed by atoms with Crippen molar-refractivity contribution in [2.75, 3.05) is 26.4 Å². The van der Waals surface area contributed by atoms with Crippen LogP contribution in [-0.4, -0.2) is 199 Å². The van der Waals surface area contributed by atoms with Crippen molar-refractivity contribution in [3.63, 3.8) is 0 Å². The lowest BCUT2D eigenvalue weighted by Crippen LogP contribution is -2.67. The van der Waals surface area contributed by atoms with Crippen LogP contribution in [0.5, 0.6) is 0 Å². The maximum absolute atomic E-state index is 11.8. The van der Waals surface area contributed by atoms with E-state index in [0.29, 0.717) is 48.3 Å². The third-order valence-corrected chi connectivity index (χ3v) is 18.3. The van der Waals surface area contributed by atoms with Crippen LogP contribution in [0.4, 0.5) is 0 Å². The van der Waals surface area contributed by atoms with E-state index in [1.807, 2.05) is 0 Å². The fraction of sp³-hybridized carbons (Fsp3) is 1.00. The monoisotopic (exact) mass is 918 g/mol. The van der Waals surface area contributed by atoms with Crippen molar-refractivity contribution < 1.29 is 94.1 Å². The van der Waals surface area contributed by atoms with E-state index in [-0.39, 0.29) is 22.9 Å². The summed E-state index contributed by atoms with van der Waals surface area (Å²) in [6.07, 6.45) is -18.5. The molecule has 28 atom stereocenters. The predicted octanol–water partition coefficient (Wildman–Crippen LogP) is -1.76. The number of fused-ring (bicyclic) bond motifs is 7. The maximum atomic E-state index is 11.8. The van der Waals surface area contributed by atoms with E-state index in [1.54, 1.807) is 0 Å². The van der Waals surface area contributed by atoms with E-state index in [4.69, 9.17) is 37.9 Å². The third-order valence-electron chi connectivity index (χ3n) is 18.3. The number of aliphatic hydroxyl groups excluding tert-OH is 11. The molecule has 0 radical (unpaired) electrons. The van der Waals surface area contributed by atoms with Crippen molar-refractivity contribution in [1.82, 2.24) is 0 Å². The first-order valence-electron chi connectivity index (χ1n) is 23.9. The molecule has 0 unspecified atom stereocenters. The second-order valence-corrected chi connectivity index (χ2v) is 21.7. The van der Waals surface area contributed by atoms with Crippen molar-refractivity contribution in [2.45, 2.75) is 202 Å². The van der Waals surface area contributed by atoms with E-state index in [9.17, 15) is 56.2 Å². The van der Waals surface area contributed by atoms with E-state index in [2.05, 4.69) is 27.7 Å². The number of hydrogen-bond acceptors (Lipinski definition) is 19. The Balaban J connectivity index is 0.848. The minimum absolute atomic E-state index is 0.144. The van der Waals surface area contributed by atoms with Gasteiger partial charge in [-0.1, -0.05) is 27.7 Å². The van der Waals surface area contributed by atoms with Gasteiger partial charge in [-0.2, -0.15) is 0 Å². The van der Waals surface area contributed by atoms with Gasteiger partial charge in [0, 0.05) is 12.3 Å². The highest BCUT2D eigenvalue weighted by Gasteiger charge is 2.69. The first-order valence-corrected chi connectivity index (χ1v) is 23.9. The lowest BCUT2D eigenvalue weighted by molar-refractivity contribution is -0.391. The molecule has 19 heteroatoms. The minimum Gasteiger partial charge on any atom is -0.394 e. The third kappa shape index (κ3) is 7.85. The molecule has 4 aliphatic carbocycles. The van der Waals surface area contributed by atoms with E-state index in [0.717, 1.165) is 51.6 Å². The van der Waals surface area contributed by atoms with Gasteiger partial charge >= 0.3 is 0 Å². The van der Waals surface area contributed by atoms with Gasteiger partial charge in [0.15, 0.2) is 24.7 Å². The summed E-state index contributed by atoms with van der Waals surface area (Å²) < 4.78 is 48.7. The number of hydrogen-bond donors (Lipinski definition) is 11. The van der Waals surface area contributed by atoms with Gasteiger partial charge in [0.25, 0.3) is 0 Å². The van der Waals surface area contributed by atoms with Crippen molar-refractivity contribution in [3.05, 3.63) is 0 Å². The molecule has 5 heterocycles. The van der Waals surface area contributed by atoms with Gasteiger partial charge in [-0.15, -0.1) is 0 Å². The van der Waals surface area contributed by atoms with Crippen LogP contribution in [0.1, 0.15) is 85.5 Å². The molecule has 19 nitrogen and oxygen atoms in total. The zero-order valence-corrected chi connectivity index (χ0v) is 37.3. The molecular formula is C45H74O19. The lowest BCUT2D eigenvalue weighted by Gasteiger charge is -2.62. The Morgan fingerprint density at radius 1 is 0.578 bits per heavy atom. The van der Waals surface area contributed by atoms with Crippen molar-refractivity contribution in [1.29, 1.82) is 0 Å². The standard InChI is InChI=1S/C45H74O19/c1-18-7-10-45(57-17-18)19(2)30-26(64-45)12-23-21-6-5-20-11-25(24(49)13-44(20,4)22(21)8-9-43(23,30)3)58-40-37(56)35(54)38(29(16-48)61-40)62-42-39(34(53)32(51)28(15-47)60-42)63-41-36(55)33(52)31(50)27(14-46)59-41/h18-42,46-56H,5-17H2,1-4H3/t18-,19-,20-,21+,22-,23-,24+,25+,26-,27+,28+,29+,30-,31+,32+,33-,34-,35+,36+,37+,38-,39+,40+,41-,42-,43-,44-,45+/m0/s1. The first kappa shape index (κ1) is 48.3. The number of rotatable bonds is 9. The van der Waals surface area contributed by atoms with Crippen LogP contribution in [0.2, 0.25) is 0 Å².